The lowest BCUT2D eigenvalue weighted by atomic mass is 10.0. The molecule has 2 aromatic rings. The maximum Gasteiger partial charge on any atom is 0.127 e. The minimum atomic E-state index is -0.377. The van der Waals surface area contributed by atoms with Gasteiger partial charge in [-0.3, -0.25) is 5.01 Å². The molecule has 1 unspecified atom stereocenters. The Morgan fingerprint density at radius 2 is 1.83 bits per heavy atom. The molecule has 0 heterocycles. The zero-order valence-corrected chi connectivity index (χ0v) is 13.4. The number of hydrazine groups is 1. The maximum atomic E-state index is 10.9. The van der Waals surface area contributed by atoms with E-state index in [1.807, 2.05) is 43.3 Å². The van der Waals surface area contributed by atoms with Crippen LogP contribution in [0.2, 0.25) is 0 Å². The highest BCUT2D eigenvalue weighted by atomic mass is 16.3. The first kappa shape index (κ1) is 17.0. The number of aldehydes is 1. The van der Waals surface area contributed by atoms with Gasteiger partial charge in [0.05, 0.1) is 23.2 Å². The third-order valence-corrected chi connectivity index (χ3v) is 3.79. The Bertz CT molecular complexity index is 668. The van der Waals surface area contributed by atoms with Gasteiger partial charge < -0.3 is 15.6 Å². The first-order valence-corrected chi connectivity index (χ1v) is 7.59. The second kappa shape index (κ2) is 7.26. The molecule has 0 bridgehead atoms. The van der Waals surface area contributed by atoms with Gasteiger partial charge in [0.2, 0.25) is 0 Å². The summed E-state index contributed by atoms with van der Waals surface area (Å²) in [6, 6.07) is 13.1. The van der Waals surface area contributed by atoms with Gasteiger partial charge in [0.25, 0.3) is 0 Å². The molecule has 5 N–H and O–H groups in total. The van der Waals surface area contributed by atoms with Crippen LogP contribution in [0.25, 0.3) is 0 Å². The first-order valence-electron chi connectivity index (χ1n) is 7.59. The van der Waals surface area contributed by atoms with Gasteiger partial charge >= 0.3 is 0 Å². The van der Waals surface area contributed by atoms with Crippen molar-refractivity contribution in [3.63, 3.8) is 0 Å². The number of nitrogens with two attached hydrogens (primary N) is 2. The Kier molecular flexibility index (Phi) is 5.36. The predicted molar refractivity (Wildman–Crippen MR) is 93.5 cm³/mol. The van der Waals surface area contributed by atoms with Gasteiger partial charge in [-0.1, -0.05) is 25.1 Å². The van der Waals surface area contributed by atoms with Crippen LogP contribution in [-0.2, 0) is 11.2 Å². The first-order chi connectivity index (χ1) is 10.9. The number of carbonyl (C=O) groups excluding carboxylic acids is 1. The molecule has 0 aliphatic carbocycles. The number of nitrogens with zero attached hydrogens (tertiary/aromatic N) is 1. The molecule has 0 radical (unpaired) electrons. The molecule has 0 amide bonds. The van der Waals surface area contributed by atoms with Crippen LogP contribution in [0.3, 0.4) is 0 Å². The minimum Gasteiger partial charge on any atom is -0.397 e. The molecular formula is C18H23N3O2. The van der Waals surface area contributed by atoms with Gasteiger partial charge in [-0.25, -0.2) is 5.84 Å². The van der Waals surface area contributed by atoms with Crippen molar-refractivity contribution in [1.82, 2.24) is 0 Å². The highest BCUT2D eigenvalue weighted by Gasteiger charge is 2.12. The summed E-state index contributed by atoms with van der Waals surface area (Å²) in [4.78, 5) is 10.9. The van der Waals surface area contributed by atoms with E-state index in [-0.39, 0.29) is 12.0 Å². The molecule has 0 aromatic heterocycles. The third-order valence-electron chi connectivity index (χ3n) is 3.79. The van der Waals surface area contributed by atoms with Gasteiger partial charge in [-0.15, -0.1) is 0 Å². The Morgan fingerprint density at radius 1 is 1.17 bits per heavy atom. The molecule has 23 heavy (non-hydrogen) atoms. The quantitative estimate of drug-likeness (QED) is 0.330. The van der Waals surface area contributed by atoms with E-state index in [4.69, 9.17) is 11.6 Å². The molecule has 0 aliphatic rings. The van der Waals surface area contributed by atoms with E-state index in [1.54, 1.807) is 13.0 Å². The Morgan fingerprint density at radius 3 is 2.35 bits per heavy atom. The second-order valence-corrected chi connectivity index (χ2v) is 5.83. The summed E-state index contributed by atoms with van der Waals surface area (Å²) in [6.07, 6.45) is 1.11. The number of hydrogen-bond acceptors (Lipinski definition) is 5. The van der Waals surface area contributed by atoms with Crippen molar-refractivity contribution in [2.24, 2.45) is 5.84 Å². The highest BCUT2D eigenvalue weighted by Crippen LogP contribution is 2.30. The van der Waals surface area contributed by atoms with Crippen molar-refractivity contribution in [3.05, 3.63) is 53.6 Å². The molecule has 0 fully saturated rings. The van der Waals surface area contributed by atoms with Gasteiger partial charge in [0, 0.05) is 5.92 Å². The topological polar surface area (TPSA) is 92.6 Å². The van der Waals surface area contributed by atoms with E-state index in [0.717, 1.165) is 23.1 Å². The molecule has 0 spiro atoms. The van der Waals surface area contributed by atoms with Gasteiger partial charge in [-0.2, -0.15) is 0 Å². The molecule has 5 heteroatoms. The van der Waals surface area contributed by atoms with Crippen molar-refractivity contribution in [2.45, 2.75) is 32.3 Å². The number of nitrogen functional groups attached to an aromatic ring is 1. The Hall–Kier alpha value is -2.37. The molecule has 2 atom stereocenters. The van der Waals surface area contributed by atoms with E-state index in [9.17, 15) is 9.90 Å². The van der Waals surface area contributed by atoms with Crippen LogP contribution in [0, 0.1) is 0 Å². The summed E-state index contributed by atoms with van der Waals surface area (Å²) in [6.45, 7) is 3.58. The lowest BCUT2D eigenvalue weighted by Gasteiger charge is -2.22. The summed E-state index contributed by atoms with van der Waals surface area (Å²) in [5.41, 5.74) is 9.97. The summed E-state index contributed by atoms with van der Waals surface area (Å²) < 4.78 is 0. The number of benzene rings is 2. The Labute approximate surface area is 136 Å². The van der Waals surface area contributed by atoms with Crippen LogP contribution in [-0.4, -0.2) is 17.5 Å². The van der Waals surface area contributed by atoms with E-state index < -0.39 is 0 Å². The molecule has 0 saturated heterocycles. The van der Waals surface area contributed by atoms with Crippen LogP contribution >= 0.6 is 0 Å². The van der Waals surface area contributed by atoms with E-state index in [0.29, 0.717) is 17.8 Å². The zero-order chi connectivity index (χ0) is 17.0. The number of hydrogen-bond donors (Lipinski definition) is 3. The normalized spacial score (nSPS) is 13.4. The van der Waals surface area contributed by atoms with Crippen molar-refractivity contribution in [2.75, 3.05) is 10.7 Å². The average Bonchev–Trinajstić information content (AvgIpc) is 2.53. The van der Waals surface area contributed by atoms with Crippen LogP contribution in [0.1, 0.15) is 30.9 Å². The monoisotopic (exact) mass is 313 g/mol. The fourth-order valence-corrected chi connectivity index (χ4v) is 2.43. The van der Waals surface area contributed by atoms with Crippen molar-refractivity contribution < 1.29 is 9.90 Å². The van der Waals surface area contributed by atoms with Crippen molar-refractivity contribution in [3.8, 4) is 0 Å². The van der Waals surface area contributed by atoms with Crippen LogP contribution in [0.15, 0.2) is 42.5 Å². The van der Waals surface area contributed by atoms with E-state index in [1.165, 1.54) is 5.01 Å². The number of carbonyl (C=O) groups is 1. The molecule has 2 rings (SSSR count). The standard InChI is InChI=1S/C18H23N3O2/c1-12(11-22)15-5-8-18(17(19)10-15)21(20)16-6-3-14(4-7-16)9-13(2)23/h3-8,10-13,23H,9,19-20H2,1-2H3/t12?,13-/m1/s1. The molecule has 0 aliphatic heterocycles. The molecular weight excluding hydrogens is 290 g/mol. The minimum absolute atomic E-state index is 0.197. The Balaban J connectivity index is 2.22. The fourth-order valence-electron chi connectivity index (χ4n) is 2.43. The lowest BCUT2D eigenvalue weighted by molar-refractivity contribution is -0.108. The summed E-state index contributed by atoms with van der Waals surface area (Å²) >= 11 is 0. The lowest BCUT2D eigenvalue weighted by Crippen LogP contribution is -2.26. The summed E-state index contributed by atoms with van der Waals surface area (Å²) in [5, 5.41) is 10.9. The average molecular weight is 313 g/mol. The highest BCUT2D eigenvalue weighted by molar-refractivity contribution is 5.76. The largest absolute Gasteiger partial charge is 0.397 e. The van der Waals surface area contributed by atoms with Crippen molar-refractivity contribution >= 4 is 23.3 Å². The number of aliphatic hydroxyl groups is 1. The smallest absolute Gasteiger partial charge is 0.127 e. The van der Waals surface area contributed by atoms with Crippen molar-refractivity contribution in [1.29, 1.82) is 0 Å². The van der Waals surface area contributed by atoms with Crippen LogP contribution < -0.4 is 16.6 Å². The number of rotatable bonds is 6. The zero-order valence-electron chi connectivity index (χ0n) is 13.4. The van der Waals surface area contributed by atoms with Gasteiger partial charge in [0.15, 0.2) is 0 Å². The molecule has 122 valence electrons. The van der Waals surface area contributed by atoms with E-state index in [2.05, 4.69) is 0 Å². The molecule has 2 aromatic carbocycles. The maximum absolute atomic E-state index is 10.9. The van der Waals surface area contributed by atoms with Gasteiger partial charge in [-0.05, 0) is 48.7 Å². The van der Waals surface area contributed by atoms with Gasteiger partial charge in [0.1, 0.15) is 6.29 Å². The predicted octanol–water partition coefficient (Wildman–Crippen LogP) is 2.51. The van der Waals surface area contributed by atoms with E-state index >= 15 is 0 Å². The SMILES string of the molecule is CC(C=O)c1ccc(N(N)c2ccc(C[C@@H](C)O)cc2)c(N)c1. The third kappa shape index (κ3) is 4.09. The summed E-state index contributed by atoms with van der Waals surface area (Å²) in [5.74, 6) is 5.96. The van der Waals surface area contributed by atoms with Crippen LogP contribution in [0.5, 0.6) is 0 Å². The number of anilines is 3. The second-order valence-electron chi connectivity index (χ2n) is 5.83. The number of aliphatic hydroxyl groups excluding tert-OH is 1. The summed E-state index contributed by atoms with van der Waals surface area (Å²) in [7, 11) is 0. The van der Waals surface area contributed by atoms with Crippen LogP contribution in [0.4, 0.5) is 17.1 Å². The molecule has 0 saturated carbocycles. The molecule has 5 nitrogen and oxygen atoms in total. The fraction of sp³-hybridized carbons (Fsp3) is 0.278.